The predicted molar refractivity (Wildman–Crippen MR) is 113 cm³/mol. The van der Waals surface area contributed by atoms with Gasteiger partial charge in [-0.25, -0.2) is 0 Å². The number of hydrogen-bond acceptors (Lipinski definition) is 2. The molecule has 0 unspecified atom stereocenters. The molecule has 34 heavy (non-hydrogen) atoms. The fraction of sp³-hybridized carbons (Fsp3) is 0.417. The fourth-order valence-electron chi connectivity index (χ4n) is 4.03. The van der Waals surface area contributed by atoms with Gasteiger partial charge < -0.3 is 9.80 Å². The van der Waals surface area contributed by atoms with Crippen molar-refractivity contribution in [1.29, 1.82) is 0 Å². The van der Waals surface area contributed by atoms with Gasteiger partial charge in [-0.1, -0.05) is 18.2 Å². The molecule has 2 amide bonds. The van der Waals surface area contributed by atoms with Crippen molar-refractivity contribution in [2.45, 2.75) is 45.6 Å². The molecule has 0 aromatic heterocycles. The molecule has 184 valence electrons. The number of rotatable bonds is 3. The van der Waals surface area contributed by atoms with E-state index in [0.717, 1.165) is 16.7 Å². The van der Waals surface area contributed by atoms with Crippen LogP contribution in [0.2, 0.25) is 0 Å². The average molecular weight is 486 g/mol. The first-order valence-electron chi connectivity index (χ1n) is 10.6. The van der Waals surface area contributed by atoms with Gasteiger partial charge in [0, 0.05) is 32.1 Å². The van der Waals surface area contributed by atoms with Crippen LogP contribution in [-0.2, 0) is 23.6 Å². The van der Waals surface area contributed by atoms with Crippen LogP contribution in [0.25, 0.3) is 0 Å². The summed E-state index contributed by atoms with van der Waals surface area (Å²) in [5.41, 5.74) is -0.881. The van der Waals surface area contributed by atoms with E-state index in [0.29, 0.717) is 18.6 Å². The van der Waals surface area contributed by atoms with Crippen LogP contribution in [0, 0.1) is 13.8 Å². The third kappa shape index (κ3) is 5.71. The highest BCUT2D eigenvalue weighted by Crippen LogP contribution is 2.37. The van der Waals surface area contributed by atoms with Gasteiger partial charge in [0.05, 0.1) is 17.2 Å². The summed E-state index contributed by atoms with van der Waals surface area (Å²) in [6, 6.07) is 5.93. The summed E-state index contributed by atoms with van der Waals surface area (Å²) < 4.78 is 79.7. The molecule has 1 heterocycles. The maximum atomic E-state index is 13.3. The Bertz CT molecular complexity index is 1060. The normalized spacial score (nSPS) is 17.1. The third-order valence-corrected chi connectivity index (χ3v) is 6.07. The minimum atomic E-state index is -5.05. The number of carbonyl (C=O) groups is 2. The number of amides is 2. The number of aryl methyl sites for hydroxylation is 2. The van der Waals surface area contributed by atoms with Gasteiger partial charge in [0.1, 0.15) is 0 Å². The number of nitrogens with zero attached hydrogens (tertiary/aromatic N) is 2. The van der Waals surface area contributed by atoms with E-state index < -0.39 is 41.0 Å². The average Bonchev–Trinajstić information content (AvgIpc) is 2.74. The zero-order chi connectivity index (χ0) is 25.4. The van der Waals surface area contributed by atoms with Crippen molar-refractivity contribution in [2.24, 2.45) is 0 Å². The number of carbonyl (C=O) groups excluding carboxylic acids is 2. The Balaban J connectivity index is 2.00. The molecule has 1 aliphatic rings. The van der Waals surface area contributed by atoms with Crippen molar-refractivity contribution < 1.29 is 35.9 Å². The number of hydrogen-bond donors (Lipinski definition) is 0. The monoisotopic (exact) mass is 486 g/mol. The van der Waals surface area contributed by atoms with Gasteiger partial charge in [0.25, 0.3) is 5.91 Å². The lowest BCUT2D eigenvalue weighted by Gasteiger charge is -2.41. The molecule has 1 fully saturated rings. The molecule has 4 nitrogen and oxygen atoms in total. The van der Waals surface area contributed by atoms with E-state index in [1.807, 2.05) is 32.0 Å². The van der Waals surface area contributed by atoms with E-state index in [-0.39, 0.29) is 31.6 Å². The van der Waals surface area contributed by atoms with Crippen LogP contribution in [0.5, 0.6) is 0 Å². The first-order chi connectivity index (χ1) is 15.7. The molecule has 3 rings (SSSR count). The van der Waals surface area contributed by atoms with Crippen LogP contribution >= 0.6 is 0 Å². The van der Waals surface area contributed by atoms with Crippen LogP contribution in [-0.4, -0.2) is 47.3 Å². The predicted octanol–water partition coefficient (Wildman–Crippen LogP) is 5.26. The van der Waals surface area contributed by atoms with Crippen LogP contribution in [0.4, 0.5) is 26.3 Å². The van der Waals surface area contributed by atoms with E-state index >= 15 is 0 Å². The molecule has 0 radical (unpaired) electrons. The Hall–Kier alpha value is -3.04. The van der Waals surface area contributed by atoms with Crippen molar-refractivity contribution in [1.82, 2.24) is 9.80 Å². The van der Waals surface area contributed by atoms with Gasteiger partial charge in [0.2, 0.25) is 5.91 Å². The standard InChI is InChI=1S/C24H24F6N2O2/c1-14-4-5-17(8-15(14)2)9-21-13-31(16(3)33)6-7-32(21)22(34)18-10-19(23(25,26)27)12-20(11-18)24(28,29)30/h4-5,8,10-12,21H,6-7,9,13H2,1-3H3/t21-/m1/s1. The van der Waals surface area contributed by atoms with Gasteiger partial charge in [0.15, 0.2) is 0 Å². The second kappa shape index (κ2) is 9.31. The number of benzene rings is 2. The highest BCUT2D eigenvalue weighted by Gasteiger charge is 2.39. The molecule has 0 saturated carbocycles. The highest BCUT2D eigenvalue weighted by molar-refractivity contribution is 5.95. The van der Waals surface area contributed by atoms with Gasteiger partial charge in [-0.15, -0.1) is 0 Å². The summed E-state index contributed by atoms with van der Waals surface area (Å²) in [5.74, 6) is -1.16. The van der Waals surface area contributed by atoms with Crippen molar-refractivity contribution in [3.05, 3.63) is 69.8 Å². The molecule has 1 saturated heterocycles. The van der Waals surface area contributed by atoms with Crippen molar-refractivity contribution in [2.75, 3.05) is 19.6 Å². The highest BCUT2D eigenvalue weighted by atomic mass is 19.4. The lowest BCUT2D eigenvalue weighted by molar-refractivity contribution is -0.143. The summed E-state index contributed by atoms with van der Waals surface area (Å²) >= 11 is 0. The second-order valence-electron chi connectivity index (χ2n) is 8.53. The molecule has 1 atom stereocenters. The largest absolute Gasteiger partial charge is 0.416 e. The zero-order valence-corrected chi connectivity index (χ0v) is 18.8. The van der Waals surface area contributed by atoms with E-state index in [4.69, 9.17) is 0 Å². The van der Waals surface area contributed by atoms with Crippen molar-refractivity contribution >= 4 is 11.8 Å². The Kier molecular flexibility index (Phi) is 7.00. The third-order valence-electron chi connectivity index (χ3n) is 6.07. The first-order valence-corrected chi connectivity index (χ1v) is 10.6. The molecule has 0 N–H and O–H groups in total. The quantitative estimate of drug-likeness (QED) is 0.556. The molecule has 2 aromatic rings. The fourth-order valence-corrected chi connectivity index (χ4v) is 4.03. The maximum Gasteiger partial charge on any atom is 0.416 e. The Labute approximate surface area is 193 Å². The summed E-state index contributed by atoms with van der Waals surface area (Å²) in [6.07, 6.45) is -9.81. The smallest absolute Gasteiger partial charge is 0.339 e. The number of halogens is 6. The number of alkyl halides is 6. The minimum Gasteiger partial charge on any atom is -0.339 e. The van der Waals surface area contributed by atoms with E-state index in [1.165, 1.54) is 16.7 Å². The van der Waals surface area contributed by atoms with Crippen molar-refractivity contribution in [3.8, 4) is 0 Å². The van der Waals surface area contributed by atoms with Gasteiger partial charge in [-0.05, 0) is 55.2 Å². The minimum absolute atomic E-state index is 0.00295. The van der Waals surface area contributed by atoms with Crippen LogP contribution in [0.15, 0.2) is 36.4 Å². The molecule has 1 aliphatic heterocycles. The lowest BCUT2D eigenvalue weighted by atomic mass is 9.97. The molecule has 0 bridgehead atoms. The first kappa shape index (κ1) is 25.6. The summed E-state index contributed by atoms with van der Waals surface area (Å²) in [4.78, 5) is 28.0. The SMILES string of the molecule is CC(=O)N1CCN(C(=O)c2cc(C(F)(F)F)cc(C(F)(F)F)c2)[C@H](Cc2ccc(C)c(C)c2)C1. The molecule has 0 spiro atoms. The van der Waals surface area contributed by atoms with Crippen molar-refractivity contribution in [3.63, 3.8) is 0 Å². The molecule has 0 aliphatic carbocycles. The van der Waals surface area contributed by atoms with Crippen LogP contribution in [0.3, 0.4) is 0 Å². The molecular weight excluding hydrogens is 462 g/mol. The second-order valence-corrected chi connectivity index (χ2v) is 8.53. The van der Waals surface area contributed by atoms with Gasteiger partial charge in [-0.2, -0.15) is 26.3 Å². The van der Waals surface area contributed by atoms with E-state index in [1.54, 1.807) is 0 Å². The van der Waals surface area contributed by atoms with Gasteiger partial charge >= 0.3 is 12.4 Å². The Morgan fingerprint density at radius 2 is 1.47 bits per heavy atom. The van der Waals surface area contributed by atoms with Crippen LogP contribution < -0.4 is 0 Å². The van der Waals surface area contributed by atoms with Crippen LogP contribution in [0.1, 0.15) is 45.1 Å². The Morgan fingerprint density at radius 3 is 1.97 bits per heavy atom. The maximum absolute atomic E-state index is 13.3. The summed E-state index contributed by atoms with van der Waals surface area (Å²) in [6.45, 7) is 5.46. The molecule has 2 aromatic carbocycles. The number of piperazine rings is 1. The van der Waals surface area contributed by atoms with E-state index in [2.05, 4.69) is 0 Å². The summed E-state index contributed by atoms with van der Waals surface area (Å²) in [5, 5.41) is 0. The molecule has 10 heteroatoms. The summed E-state index contributed by atoms with van der Waals surface area (Å²) in [7, 11) is 0. The lowest BCUT2D eigenvalue weighted by Crippen LogP contribution is -2.57. The zero-order valence-electron chi connectivity index (χ0n) is 18.8. The topological polar surface area (TPSA) is 40.6 Å². The van der Waals surface area contributed by atoms with Gasteiger partial charge in [-0.3, -0.25) is 9.59 Å². The molecular formula is C24H24F6N2O2. The van der Waals surface area contributed by atoms with E-state index in [9.17, 15) is 35.9 Å². The Morgan fingerprint density at radius 1 is 0.882 bits per heavy atom.